The van der Waals surface area contributed by atoms with Crippen LogP contribution in [-0.4, -0.2) is 17.3 Å². The second-order valence-corrected chi connectivity index (χ2v) is 9.66. The summed E-state index contributed by atoms with van der Waals surface area (Å²) in [5.74, 6) is 2.63. The fourth-order valence-electron chi connectivity index (χ4n) is 7.53. The van der Waals surface area contributed by atoms with E-state index in [9.17, 15) is 14.4 Å². The van der Waals surface area contributed by atoms with Crippen molar-refractivity contribution >= 4 is 17.3 Å². The summed E-state index contributed by atoms with van der Waals surface area (Å²) in [5.41, 5.74) is -0.0959. The average Bonchev–Trinajstić information content (AvgIpc) is 2.84. The van der Waals surface area contributed by atoms with E-state index in [0.29, 0.717) is 48.6 Å². The zero-order chi connectivity index (χ0) is 17.3. The molecule has 0 aromatic heterocycles. The zero-order valence-electron chi connectivity index (χ0n) is 15.3. The number of fused-ring (bicyclic) bond motifs is 5. The summed E-state index contributed by atoms with van der Waals surface area (Å²) >= 11 is 0. The Labute approximate surface area is 144 Å². The molecule has 0 spiro atoms. The van der Waals surface area contributed by atoms with Crippen LogP contribution in [0.25, 0.3) is 0 Å². The first-order valence-corrected chi connectivity index (χ1v) is 9.82. The Morgan fingerprint density at radius 3 is 2.50 bits per heavy atom. The maximum atomic E-state index is 13.3. The van der Waals surface area contributed by atoms with Gasteiger partial charge in [-0.25, -0.2) is 0 Å². The topological polar surface area (TPSA) is 51.2 Å². The molecule has 0 amide bonds. The van der Waals surface area contributed by atoms with Crippen molar-refractivity contribution in [2.24, 2.45) is 40.4 Å². The van der Waals surface area contributed by atoms with Crippen LogP contribution in [0.1, 0.15) is 72.1 Å². The van der Waals surface area contributed by atoms with E-state index in [-0.39, 0.29) is 28.4 Å². The molecule has 0 aromatic rings. The maximum absolute atomic E-state index is 13.3. The maximum Gasteiger partial charge on any atom is 0.137 e. The van der Waals surface area contributed by atoms with Gasteiger partial charge in [0.25, 0.3) is 0 Å². The summed E-state index contributed by atoms with van der Waals surface area (Å²) in [6, 6.07) is 0. The molecular weight excluding hydrogens is 300 g/mol. The van der Waals surface area contributed by atoms with Crippen molar-refractivity contribution in [3.63, 3.8) is 0 Å². The molecule has 24 heavy (non-hydrogen) atoms. The van der Waals surface area contributed by atoms with E-state index in [2.05, 4.69) is 13.8 Å². The van der Waals surface area contributed by atoms with Crippen LogP contribution in [0.5, 0.6) is 0 Å². The summed E-state index contributed by atoms with van der Waals surface area (Å²) < 4.78 is 0. The molecule has 0 bridgehead atoms. The third-order valence-corrected chi connectivity index (χ3v) is 8.66. The number of hydrogen-bond acceptors (Lipinski definition) is 3. The van der Waals surface area contributed by atoms with Crippen LogP contribution >= 0.6 is 0 Å². The molecule has 0 N–H and O–H groups in total. The molecule has 7 atom stereocenters. The van der Waals surface area contributed by atoms with Crippen molar-refractivity contribution < 1.29 is 14.4 Å². The average molecular weight is 330 g/mol. The van der Waals surface area contributed by atoms with E-state index >= 15 is 0 Å². The summed E-state index contributed by atoms with van der Waals surface area (Å²) in [6.07, 6.45) is 7.05. The van der Waals surface area contributed by atoms with Crippen LogP contribution in [0.3, 0.4) is 0 Å². The van der Waals surface area contributed by atoms with Gasteiger partial charge < -0.3 is 0 Å². The van der Waals surface area contributed by atoms with Gasteiger partial charge in [0.2, 0.25) is 0 Å². The number of carbonyl (C=O) groups excluding carboxylic acids is 3. The summed E-state index contributed by atoms with van der Waals surface area (Å²) in [5, 5.41) is 0. The third kappa shape index (κ3) is 2.05. The van der Waals surface area contributed by atoms with E-state index < -0.39 is 0 Å². The summed E-state index contributed by atoms with van der Waals surface area (Å²) in [4.78, 5) is 37.4. The van der Waals surface area contributed by atoms with Gasteiger partial charge in [0, 0.05) is 31.1 Å². The summed E-state index contributed by atoms with van der Waals surface area (Å²) in [7, 11) is 0. The van der Waals surface area contributed by atoms with Crippen molar-refractivity contribution in [3.05, 3.63) is 0 Å². The Hall–Kier alpha value is -0.990. The Bertz CT molecular complexity index is 608. The molecule has 0 unspecified atom stereocenters. The highest BCUT2D eigenvalue weighted by Gasteiger charge is 2.63. The van der Waals surface area contributed by atoms with Crippen LogP contribution in [0, 0.1) is 40.4 Å². The quantitative estimate of drug-likeness (QED) is 0.730. The fraction of sp³-hybridized carbons (Fsp3) is 0.857. The van der Waals surface area contributed by atoms with Crippen molar-refractivity contribution in [1.29, 1.82) is 0 Å². The molecule has 4 aliphatic carbocycles. The number of rotatable bonds is 1. The van der Waals surface area contributed by atoms with Crippen molar-refractivity contribution in [3.8, 4) is 0 Å². The highest BCUT2D eigenvalue weighted by molar-refractivity contribution is 5.87. The lowest BCUT2D eigenvalue weighted by Gasteiger charge is -2.59. The SMILES string of the molecule is CC(=O)[C@H]1CC[C@H]2[C@H]3CC[C@@H]4CC(=O)CC[C@]4(C)[C@@H]3C(=O)C[C@]12C. The molecule has 4 saturated carbocycles. The van der Waals surface area contributed by atoms with Gasteiger partial charge in [-0.3, -0.25) is 14.4 Å². The number of carbonyl (C=O) groups is 3. The lowest BCUT2D eigenvalue weighted by Crippen LogP contribution is -2.57. The van der Waals surface area contributed by atoms with Crippen molar-refractivity contribution in [1.82, 2.24) is 0 Å². The molecule has 0 radical (unpaired) electrons. The highest BCUT2D eigenvalue weighted by atomic mass is 16.1. The molecule has 132 valence electrons. The minimum absolute atomic E-state index is 0.0174. The molecular formula is C21H30O3. The van der Waals surface area contributed by atoms with Gasteiger partial charge in [0.05, 0.1) is 0 Å². The predicted octanol–water partition coefficient (Wildman–Crippen LogP) is 3.98. The van der Waals surface area contributed by atoms with Gasteiger partial charge in [-0.2, -0.15) is 0 Å². The van der Waals surface area contributed by atoms with Crippen molar-refractivity contribution in [2.75, 3.05) is 0 Å². The van der Waals surface area contributed by atoms with Crippen LogP contribution in [0.15, 0.2) is 0 Å². The van der Waals surface area contributed by atoms with Gasteiger partial charge in [-0.05, 0) is 67.6 Å². The minimum Gasteiger partial charge on any atom is -0.300 e. The van der Waals surface area contributed by atoms with Crippen molar-refractivity contribution in [2.45, 2.75) is 72.1 Å². The molecule has 4 rings (SSSR count). The summed E-state index contributed by atoms with van der Waals surface area (Å²) in [6.45, 7) is 6.21. The Kier molecular flexibility index (Phi) is 3.61. The molecule has 0 aliphatic heterocycles. The first-order chi connectivity index (χ1) is 11.3. The van der Waals surface area contributed by atoms with Gasteiger partial charge >= 0.3 is 0 Å². The molecule has 0 saturated heterocycles. The minimum atomic E-state index is -0.113. The standard InChI is InChI=1S/C21H30O3/c1-12(22)16-6-7-17-15-5-4-13-10-14(23)8-9-20(13,2)19(15)18(24)11-21(16,17)3/h13,15-17,19H,4-11H2,1-3H3/t13-,15-,16-,17+,19+,20+,21-/m1/s1. The first kappa shape index (κ1) is 16.5. The lowest BCUT2D eigenvalue weighted by atomic mass is 9.44. The molecule has 3 heteroatoms. The molecule has 0 aromatic carbocycles. The second-order valence-electron chi connectivity index (χ2n) is 9.66. The highest BCUT2D eigenvalue weighted by Crippen LogP contribution is 2.66. The smallest absolute Gasteiger partial charge is 0.137 e. The van der Waals surface area contributed by atoms with Crippen LogP contribution in [-0.2, 0) is 14.4 Å². The van der Waals surface area contributed by atoms with E-state index in [1.54, 1.807) is 6.92 Å². The van der Waals surface area contributed by atoms with Gasteiger partial charge in [0.15, 0.2) is 0 Å². The number of ketones is 3. The van der Waals surface area contributed by atoms with E-state index in [4.69, 9.17) is 0 Å². The van der Waals surface area contributed by atoms with Gasteiger partial charge in [-0.1, -0.05) is 13.8 Å². The Morgan fingerprint density at radius 2 is 1.79 bits per heavy atom. The van der Waals surface area contributed by atoms with E-state index in [1.165, 1.54) is 0 Å². The number of hydrogen-bond donors (Lipinski definition) is 0. The van der Waals surface area contributed by atoms with Crippen LogP contribution < -0.4 is 0 Å². The fourth-order valence-corrected chi connectivity index (χ4v) is 7.53. The first-order valence-electron chi connectivity index (χ1n) is 9.82. The van der Waals surface area contributed by atoms with Crippen LogP contribution in [0.4, 0.5) is 0 Å². The second kappa shape index (κ2) is 5.25. The van der Waals surface area contributed by atoms with E-state index in [1.807, 2.05) is 0 Å². The van der Waals surface area contributed by atoms with Gasteiger partial charge in [0.1, 0.15) is 17.3 Å². The monoisotopic (exact) mass is 330 g/mol. The largest absolute Gasteiger partial charge is 0.300 e. The molecule has 4 aliphatic rings. The Balaban J connectivity index is 1.69. The number of Topliss-reactive ketones (excluding diaryl/α,β-unsaturated/α-hetero) is 3. The Morgan fingerprint density at radius 1 is 1.04 bits per heavy atom. The van der Waals surface area contributed by atoms with Gasteiger partial charge in [-0.15, -0.1) is 0 Å². The molecule has 4 fully saturated rings. The predicted molar refractivity (Wildman–Crippen MR) is 91.3 cm³/mol. The third-order valence-electron chi connectivity index (χ3n) is 8.66. The zero-order valence-corrected chi connectivity index (χ0v) is 15.3. The molecule has 3 nitrogen and oxygen atoms in total. The lowest BCUT2D eigenvalue weighted by molar-refractivity contribution is -0.161. The molecule has 0 heterocycles. The normalized spacial score (nSPS) is 50.9. The van der Waals surface area contributed by atoms with E-state index in [0.717, 1.165) is 32.1 Å². The van der Waals surface area contributed by atoms with Crippen LogP contribution in [0.2, 0.25) is 0 Å².